The Labute approximate surface area is 65.5 Å². The van der Waals surface area contributed by atoms with Crippen molar-refractivity contribution in [2.45, 2.75) is 0 Å². The Morgan fingerprint density at radius 3 is 2.18 bits per heavy atom. The second-order valence-electron chi connectivity index (χ2n) is 2.15. The molecule has 1 aromatic rings. The average Bonchev–Trinajstić information content (AvgIpc) is 1.85. The average molecular weight is 173 g/mol. The number of pyridine rings is 1. The van der Waals surface area contributed by atoms with Crippen LogP contribution in [0.3, 0.4) is 0 Å². The summed E-state index contributed by atoms with van der Waals surface area (Å²) in [5.74, 6) is 0. The maximum atomic E-state index is 10.7. The van der Waals surface area contributed by atoms with Gasteiger partial charge in [0.05, 0.1) is 6.26 Å². The molecule has 0 saturated carbocycles. The van der Waals surface area contributed by atoms with Crippen molar-refractivity contribution in [1.29, 1.82) is 0 Å². The highest BCUT2D eigenvalue weighted by atomic mass is 32.2. The second-order valence-corrected chi connectivity index (χ2v) is 3.87. The fourth-order valence-corrected chi connectivity index (χ4v) is 1.16. The molecule has 1 N–H and O–H groups in total. The SMILES string of the molecule is CS(=O)(=O)N[n+]1ccccc1. The van der Waals surface area contributed by atoms with Gasteiger partial charge in [-0.3, -0.25) is 0 Å². The minimum Gasteiger partial charge on any atom is -0.202 e. The van der Waals surface area contributed by atoms with E-state index >= 15 is 0 Å². The van der Waals surface area contributed by atoms with Gasteiger partial charge in [-0.05, 0) is 0 Å². The first kappa shape index (κ1) is 8.00. The van der Waals surface area contributed by atoms with Crippen LogP contribution in [0.5, 0.6) is 0 Å². The Morgan fingerprint density at radius 2 is 1.73 bits per heavy atom. The summed E-state index contributed by atoms with van der Waals surface area (Å²) in [7, 11) is -3.16. The molecule has 0 radical (unpaired) electrons. The molecular weight excluding hydrogens is 164 g/mol. The van der Waals surface area contributed by atoms with Crippen LogP contribution in [0.4, 0.5) is 0 Å². The maximum Gasteiger partial charge on any atom is 0.274 e. The van der Waals surface area contributed by atoms with Gasteiger partial charge in [-0.1, -0.05) is 15.6 Å². The van der Waals surface area contributed by atoms with Crippen molar-refractivity contribution in [3.8, 4) is 0 Å². The normalized spacial score (nSPS) is 11.0. The first-order valence-electron chi connectivity index (χ1n) is 3.02. The Balaban J connectivity index is 2.82. The predicted octanol–water partition coefficient (Wildman–Crippen LogP) is -0.523. The van der Waals surface area contributed by atoms with Gasteiger partial charge < -0.3 is 0 Å². The summed E-state index contributed by atoms with van der Waals surface area (Å²) >= 11 is 0. The molecule has 0 atom stereocenters. The van der Waals surface area contributed by atoms with E-state index in [0.29, 0.717) is 0 Å². The lowest BCUT2D eigenvalue weighted by atomic mass is 10.5. The molecule has 0 aliphatic heterocycles. The number of nitrogens with one attached hydrogen (secondary N) is 1. The monoisotopic (exact) mass is 173 g/mol. The standard InChI is InChI=1S/C6H9N2O2S/c1-11(9,10)7-8-5-3-2-4-6-8/h2-7H,1H3/q+1. The molecule has 0 bridgehead atoms. The highest BCUT2D eigenvalue weighted by Gasteiger charge is 2.04. The van der Waals surface area contributed by atoms with Crippen molar-refractivity contribution in [2.75, 3.05) is 11.1 Å². The van der Waals surface area contributed by atoms with E-state index < -0.39 is 10.0 Å². The molecule has 1 heterocycles. The Kier molecular flexibility index (Phi) is 2.09. The van der Waals surface area contributed by atoms with Crippen molar-refractivity contribution in [3.05, 3.63) is 30.6 Å². The third-order valence-electron chi connectivity index (χ3n) is 0.987. The van der Waals surface area contributed by atoms with Crippen LogP contribution in [0, 0.1) is 0 Å². The molecule has 0 unspecified atom stereocenters. The van der Waals surface area contributed by atoms with Crippen molar-refractivity contribution in [3.63, 3.8) is 0 Å². The zero-order chi connectivity index (χ0) is 8.32. The number of hydrogen-bond donors (Lipinski definition) is 1. The zero-order valence-corrected chi connectivity index (χ0v) is 6.88. The number of aromatic nitrogens is 1. The number of sulfonamides is 1. The minimum atomic E-state index is -3.16. The van der Waals surface area contributed by atoms with Crippen LogP contribution in [0.1, 0.15) is 0 Å². The van der Waals surface area contributed by atoms with E-state index in [1.54, 1.807) is 30.6 Å². The number of hydrogen-bond acceptors (Lipinski definition) is 2. The van der Waals surface area contributed by atoms with E-state index in [1.165, 1.54) is 4.68 Å². The van der Waals surface area contributed by atoms with Crippen molar-refractivity contribution < 1.29 is 13.1 Å². The lowest BCUT2D eigenvalue weighted by molar-refractivity contribution is -0.636. The maximum absolute atomic E-state index is 10.7. The van der Waals surface area contributed by atoms with E-state index in [1.807, 2.05) is 0 Å². The van der Waals surface area contributed by atoms with E-state index in [0.717, 1.165) is 6.26 Å². The van der Waals surface area contributed by atoms with Crippen LogP contribution in [0.2, 0.25) is 0 Å². The summed E-state index contributed by atoms with van der Waals surface area (Å²) in [5.41, 5.74) is 0. The molecule has 0 spiro atoms. The van der Waals surface area contributed by atoms with Gasteiger partial charge in [-0.25, -0.2) is 8.42 Å². The summed E-state index contributed by atoms with van der Waals surface area (Å²) in [6, 6.07) is 5.27. The van der Waals surface area contributed by atoms with Crippen LogP contribution < -0.4 is 9.51 Å². The molecule has 0 aliphatic carbocycles. The van der Waals surface area contributed by atoms with Crippen LogP contribution >= 0.6 is 0 Å². The van der Waals surface area contributed by atoms with E-state index in [4.69, 9.17) is 0 Å². The van der Waals surface area contributed by atoms with Crippen molar-refractivity contribution in [1.82, 2.24) is 0 Å². The fourth-order valence-electron chi connectivity index (χ4n) is 0.651. The molecule has 0 saturated heterocycles. The lowest BCUT2D eigenvalue weighted by Crippen LogP contribution is -2.46. The highest BCUT2D eigenvalue weighted by molar-refractivity contribution is 7.91. The molecule has 60 valence electrons. The fraction of sp³-hybridized carbons (Fsp3) is 0.167. The van der Waals surface area contributed by atoms with Gasteiger partial charge in [0.25, 0.3) is 10.0 Å². The molecule has 11 heavy (non-hydrogen) atoms. The molecule has 0 fully saturated rings. The Hall–Kier alpha value is -1.10. The molecule has 1 rings (SSSR count). The topological polar surface area (TPSA) is 50.1 Å². The van der Waals surface area contributed by atoms with E-state index in [-0.39, 0.29) is 0 Å². The van der Waals surface area contributed by atoms with Gasteiger partial charge in [0.2, 0.25) is 12.4 Å². The minimum absolute atomic E-state index is 1.10. The molecular formula is C6H9N2O2S+. The lowest BCUT2D eigenvalue weighted by Gasteiger charge is -1.94. The first-order valence-corrected chi connectivity index (χ1v) is 4.91. The summed E-state index contributed by atoms with van der Waals surface area (Å²) in [4.78, 5) is 2.27. The zero-order valence-electron chi connectivity index (χ0n) is 6.06. The molecule has 0 aromatic carbocycles. The summed E-state index contributed by atoms with van der Waals surface area (Å²) < 4.78 is 22.7. The Morgan fingerprint density at radius 1 is 1.18 bits per heavy atom. The summed E-state index contributed by atoms with van der Waals surface area (Å²) in [5, 5.41) is 0. The van der Waals surface area contributed by atoms with Crippen LogP contribution in [0.25, 0.3) is 0 Å². The summed E-state index contributed by atoms with van der Waals surface area (Å²) in [6.45, 7) is 0. The molecule has 4 nitrogen and oxygen atoms in total. The Bertz CT molecular complexity index is 320. The quantitative estimate of drug-likeness (QED) is 0.612. The van der Waals surface area contributed by atoms with Crippen molar-refractivity contribution in [2.24, 2.45) is 0 Å². The molecule has 5 heteroatoms. The molecule has 1 aromatic heterocycles. The predicted molar refractivity (Wildman–Crippen MR) is 40.8 cm³/mol. The van der Waals surface area contributed by atoms with Crippen LogP contribution in [-0.4, -0.2) is 14.7 Å². The van der Waals surface area contributed by atoms with Crippen LogP contribution in [-0.2, 0) is 10.0 Å². The highest BCUT2D eigenvalue weighted by Crippen LogP contribution is 1.76. The first-order chi connectivity index (χ1) is 5.08. The number of rotatable bonds is 2. The number of nitrogens with zero attached hydrogens (tertiary/aromatic N) is 1. The van der Waals surface area contributed by atoms with Crippen LogP contribution in [0.15, 0.2) is 30.6 Å². The van der Waals surface area contributed by atoms with Gasteiger partial charge in [-0.15, -0.1) is 0 Å². The van der Waals surface area contributed by atoms with Gasteiger partial charge in [0.15, 0.2) is 0 Å². The largest absolute Gasteiger partial charge is 0.274 e. The molecule has 0 aliphatic rings. The van der Waals surface area contributed by atoms with Gasteiger partial charge in [0.1, 0.15) is 0 Å². The van der Waals surface area contributed by atoms with Gasteiger partial charge in [-0.2, -0.15) is 0 Å². The third kappa shape index (κ3) is 2.99. The van der Waals surface area contributed by atoms with Crippen molar-refractivity contribution >= 4 is 10.0 Å². The second kappa shape index (κ2) is 2.87. The van der Waals surface area contributed by atoms with Gasteiger partial charge in [0, 0.05) is 12.1 Å². The molecule has 0 amide bonds. The smallest absolute Gasteiger partial charge is 0.202 e. The third-order valence-corrected chi connectivity index (χ3v) is 1.53. The van der Waals surface area contributed by atoms with E-state index in [9.17, 15) is 8.42 Å². The van der Waals surface area contributed by atoms with E-state index in [2.05, 4.69) is 4.83 Å². The summed E-state index contributed by atoms with van der Waals surface area (Å²) in [6.07, 6.45) is 4.33. The van der Waals surface area contributed by atoms with Gasteiger partial charge >= 0.3 is 0 Å².